The highest BCUT2D eigenvalue weighted by Crippen LogP contribution is 2.45. The zero-order valence-corrected chi connectivity index (χ0v) is 16.4. The number of fused-ring (bicyclic) bond motifs is 2. The van der Waals surface area contributed by atoms with E-state index in [0.29, 0.717) is 6.61 Å². The van der Waals surface area contributed by atoms with Gasteiger partial charge in [-0.2, -0.15) is 0 Å². The van der Waals surface area contributed by atoms with Crippen LogP contribution in [-0.4, -0.2) is 60.4 Å². The second kappa shape index (κ2) is 6.69. The van der Waals surface area contributed by atoms with E-state index in [1.165, 1.54) is 0 Å². The van der Waals surface area contributed by atoms with Crippen molar-refractivity contribution in [2.45, 2.75) is 82.5 Å². The van der Waals surface area contributed by atoms with Crippen molar-refractivity contribution in [2.75, 3.05) is 7.11 Å². The highest BCUT2D eigenvalue weighted by atomic mass is 16.8. The molecule has 7 heteroatoms. The van der Waals surface area contributed by atoms with Crippen LogP contribution in [-0.2, 0) is 30.3 Å². The maximum absolute atomic E-state index is 10.8. The maximum Gasteiger partial charge on any atom is 0.164 e. The summed E-state index contributed by atoms with van der Waals surface area (Å²) in [4.78, 5) is 0. The molecule has 0 radical (unpaired) electrons. The van der Waals surface area contributed by atoms with Crippen LogP contribution in [0.1, 0.15) is 33.3 Å². The SMILES string of the molecule is COc1ccc(CO[C@@H]2[C@H]3OC(C)(C)O[C@@H]3[C@@H](O)[C@@H]3OC(C)(C)O[C@H]23)cc1. The van der Waals surface area contributed by atoms with E-state index in [1.54, 1.807) is 7.11 Å². The Labute approximate surface area is 159 Å². The van der Waals surface area contributed by atoms with Gasteiger partial charge < -0.3 is 33.5 Å². The zero-order chi connectivity index (χ0) is 19.4. The third kappa shape index (κ3) is 3.60. The predicted octanol–water partition coefficient (Wildman–Crippen LogP) is 2.00. The number of ether oxygens (including phenoxy) is 6. The Balaban J connectivity index is 1.55. The smallest absolute Gasteiger partial charge is 0.164 e. The Morgan fingerprint density at radius 2 is 1.33 bits per heavy atom. The molecular weight excluding hydrogens is 352 g/mol. The average Bonchev–Trinajstić information content (AvgIpc) is 3.11. The van der Waals surface area contributed by atoms with E-state index in [4.69, 9.17) is 28.4 Å². The summed E-state index contributed by atoms with van der Waals surface area (Å²) in [6.45, 7) is 7.71. The number of rotatable bonds is 4. The molecule has 0 aromatic heterocycles. The molecule has 0 amide bonds. The quantitative estimate of drug-likeness (QED) is 0.856. The number of hydrogen-bond donors (Lipinski definition) is 1. The molecule has 3 aliphatic rings. The highest BCUT2D eigenvalue weighted by molar-refractivity contribution is 5.26. The summed E-state index contributed by atoms with van der Waals surface area (Å²) in [5, 5.41) is 10.8. The van der Waals surface area contributed by atoms with Crippen molar-refractivity contribution in [1.29, 1.82) is 0 Å². The van der Waals surface area contributed by atoms with Gasteiger partial charge in [0.15, 0.2) is 11.6 Å². The first-order valence-electron chi connectivity index (χ1n) is 9.33. The van der Waals surface area contributed by atoms with Gasteiger partial charge in [-0.25, -0.2) is 0 Å². The van der Waals surface area contributed by atoms with E-state index in [2.05, 4.69) is 0 Å². The molecule has 1 aromatic rings. The Kier molecular flexibility index (Phi) is 4.73. The molecule has 3 fully saturated rings. The minimum Gasteiger partial charge on any atom is -0.497 e. The second-order valence-corrected chi connectivity index (χ2v) is 8.24. The summed E-state index contributed by atoms with van der Waals surface area (Å²) in [6.07, 6.45) is -3.20. The van der Waals surface area contributed by atoms with Crippen molar-refractivity contribution in [1.82, 2.24) is 0 Å². The highest BCUT2D eigenvalue weighted by Gasteiger charge is 2.63. The molecule has 1 aromatic carbocycles. The van der Waals surface area contributed by atoms with Crippen molar-refractivity contribution in [3.05, 3.63) is 29.8 Å². The summed E-state index contributed by atoms with van der Waals surface area (Å²) in [6, 6.07) is 7.70. The third-order valence-corrected chi connectivity index (χ3v) is 5.25. The third-order valence-electron chi connectivity index (χ3n) is 5.25. The van der Waals surface area contributed by atoms with Crippen LogP contribution < -0.4 is 4.74 Å². The molecule has 1 N–H and O–H groups in total. The van der Waals surface area contributed by atoms with Crippen molar-refractivity contribution >= 4 is 0 Å². The Hall–Kier alpha value is -1.22. The standard InChI is InChI=1S/C20H28O7/c1-19(2)24-14-13(21)15-18(27-20(3,4)25-15)16(17(14)26-19)23-10-11-6-8-12(22-5)9-7-11/h6-9,13-18,21H,10H2,1-5H3/t13-,14-,15+,16-,17-,18-/m0/s1. The van der Waals surface area contributed by atoms with Crippen LogP contribution in [0.4, 0.5) is 0 Å². The lowest BCUT2D eigenvalue weighted by atomic mass is 9.85. The van der Waals surface area contributed by atoms with Crippen LogP contribution in [0.2, 0.25) is 0 Å². The Morgan fingerprint density at radius 1 is 0.852 bits per heavy atom. The van der Waals surface area contributed by atoms with Crippen LogP contribution in [0, 0.1) is 0 Å². The normalized spacial score (nSPS) is 39.0. The van der Waals surface area contributed by atoms with Gasteiger partial charge in [0, 0.05) is 0 Å². The largest absolute Gasteiger partial charge is 0.497 e. The van der Waals surface area contributed by atoms with Gasteiger partial charge >= 0.3 is 0 Å². The summed E-state index contributed by atoms with van der Waals surface area (Å²) in [5.41, 5.74) is 1.01. The Bertz CT molecular complexity index is 639. The first kappa shape index (κ1) is 19.1. The van der Waals surface area contributed by atoms with Crippen molar-refractivity contribution in [3.8, 4) is 5.75 Å². The number of hydrogen-bond acceptors (Lipinski definition) is 7. The summed E-state index contributed by atoms with van der Waals surface area (Å²) in [7, 11) is 1.64. The van der Waals surface area contributed by atoms with Crippen molar-refractivity contribution in [3.63, 3.8) is 0 Å². The van der Waals surface area contributed by atoms with Gasteiger partial charge in [0.25, 0.3) is 0 Å². The van der Waals surface area contributed by atoms with Gasteiger partial charge in [0.1, 0.15) is 42.4 Å². The van der Waals surface area contributed by atoms with Gasteiger partial charge in [-0.3, -0.25) is 0 Å². The lowest BCUT2D eigenvalue weighted by Crippen LogP contribution is -2.62. The van der Waals surface area contributed by atoms with Crippen LogP contribution >= 0.6 is 0 Å². The van der Waals surface area contributed by atoms with Gasteiger partial charge in [-0.1, -0.05) is 12.1 Å². The molecule has 2 aliphatic heterocycles. The fraction of sp³-hybridized carbons (Fsp3) is 0.700. The topological polar surface area (TPSA) is 75.6 Å². The summed E-state index contributed by atoms with van der Waals surface area (Å²) < 4.78 is 35.5. The molecule has 4 rings (SSSR count). The zero-order valence-electron chi connectivity index (χ0n) is 16.4. The van der Waals surface area contributed by atoms with Crippen molar-refractivity contribution in [2.24, 2.45) is 0 Å². The molecule has 7 nitrogen and oxygen atoms in total. The van der Waals surface area contributed by atoms with E-state index in [9.17, 15) is 5.11 Å². The Morgan fingerprint density at radius 3 is 1.81 bits per heavy atom. The summed E-state index contributed by atoms with van der Waals surface area (Å²) >= 11 is 0. The molecule has 0 bridgehead atoms. The molecule has 6 atom stereocenters. The van der Waals surface area contributed by atoms with Gasteiger partial charge in [0.05, 0.1) is 13.7 Å². The van der Waals surface area contributed by atoms with Gasteiger partial charge in [-0.05, 0) is 45.4 Å². The van der Waals surface area contributed by atoms with E-state index in [1.807, 2.05) is 52.0 Å². The minimum absolute atomic E-state index is 0.380. The maximum atomic E-state index is 10.8. The number of benzene rings is 1. The van der Waals surface area contributed by atoms with Crippen LogP contribution in [0.3, 0.4) is 0 Å². The van der Waals surface area contributed by atoms with E-state index >= 15 is 0 Å². The van der Waals surface area contributed by atoms with Crippen molar-refractivity contribution < 1.29 is 33.5 Å². The number of methoxy groups -OCH3 is 1. The molecule has 0 unspecified atom stereocenters. The second-order valence-electron chi connectivity index (χ2n) is 8.24. The van der Waals surface area contributed by atoms with Crippen LogP contribution in [0.15, 0.2) is 24.3 Å². The minimum atomic E-state index is -0.843. The number of aliphatic hydroxyl groups excluding tert-OH is 1. The van der Waals surface area contributed by atoms with E-state index in [0.717, 1.165) is 11.3 Å². The average molecular weight is 380 g/mol. The molecule has 0 spiro atoms. The molecule has 1 saturated carbocycles. The first-order chi connectivity index (χ1) is 12.7. The fourth-order valence-electron chi connectivity index (χ4n) is 4.15. The summed E-state index contributed by atoms with van der Waals surface area (Å²) in [5.74, 6) is -0.804. The predicted molar refractivity (Wildman–Crippen MR) is 95.2 cm³/mol. The lowest BCUT2D eigenvalue weighted by molar-refractivity contribution is -0.190. The molecule has 1 aliphatic carbocycles. The first-order valence-corrected chi connectivity index (χ1v) is 9.33. The molecule has 2 heterocycles. The number of aliphatic hydroxyl groups is 1. The lowest BCUT2D eigenvalue weighted by Gasteiger charge is -2.40. The van der Waals surface area contributed by atoms with E-state index < -0.39 is 48.2 Å². The molecule has 27 heavy (non-hydrogen) atoms. The molecule has 150 valence electrons. The van der Waals surface area contributed by atoms with Gasteiger partial charge in [-0.15, -0.1) is 0 Å². The van der Waals surface area contributed by atoms with Crippen LogP contribution in [0.5, 0.6) is 5.75 Å². The van der Waals surface area contributed by atoms with Gasteiger partial charge in [0.2, 0.25) is 0 Å². The molecule has 2 saturated heterocycles. The monoisotopic (exact) mass is 380 g/mol. The van der Waals surface area contributed by atoms with Crippen LogP contribution in [0.25, 0.3) is 0 Å². The molecular formula is C20H28O7. The fourth-order valence-corrected chi connectivity index (χ4v) is 4.15. The van der Waals surface area contributed by atoms with E-state index in [-0.39, 0.29) is 0 Å².